The summed E-state index contributed by atoms with van der Waals surface area (Å²) in [6.45, 7) is 0.891. The number of terminal acetylenes is 1. The van der Waals surface area contributed by atoms with E-state index in [-0.39, 0.29) is 12.4 Å². The number of ether oxygens (including phenoxy) is 1. The van der Waals surface area contributed by atoms with Gasteiger partial charge in [-0.3, -0.25) is 4.79 Å². The summed E-state index contributed by atoms with van der Waals surface area (Å²) in [6.07, 6.45) is 0.443. The van der Waals surface area contributed by atoms with Gasteiger partial charge in [-0.2, -0.15) is 18.2 Å². The number of hydrogen-bond donors (Lipinski definition) is 0. The summed E-state index contributed by atoms with van der Waals surface area (Å²) < 4.78 is 46.6. The molecule has 9 heteroatoms. The molecule has 0 saturated carbocycles. The molecule has 0 aliphatic carbocycles. The molecule has 2 aromatic rings. The molecular weight excluding hydrogens is 339 g/mol. The highest BCUT2D eigenvalue weighted by Gasteiger charge is 2.38. The number of aromatic nitrogens is 2. The highest BCUT2D eigenvalue weighted by molar-refractivity contribution is 5.92. The molecule has 1 amide bonds. The topological polar surface area (TPSA) is 68.5 Å². The van der Waals surface area contributed by atoms with Crippen molar-refractivity contribution in [1.29, 1.82) is 0 Å². The molecule has 0 N–H and O–H groups in total. The van der Waals surface area contributed by atoms with E-state index in [1.165, 1.54) is 24.1 Å². The van der Waals surface area contributed by atoms with Gasteiger partial charge in [0.2, 0.25) is 5.82 Å². The van der Waals surface area contributed by atoms with E-state index in [2.05, 4.69) is 14.7 Å². The lowest BCUT2D eigenvalue weighted by molar-refractivity contribution is -0.159. The predicted molar refractivity (Wildman–Crippen MR) is 80.9 cm³/mol. The first-order valence-electron chi connectivity index (χ1n) is 7.10. The van der Waals surface area contributed by atoms with Crippen molar-refractivity contribution in [2.45, 2.75) is 12.7 Å². The van der Waals surface area contributed by atoms with Gasteiger partial charge in [0.25, 0.3) is 5.91 Å². The highest BCUT2D eigenvalue weighted by atomic mass is 19.4. The maximum Gasteiger partial charge on any atom is 0.471 e. The normalized spacial score (nSPS) is 11.2. The Morgan fingerprint density at radius 1 is 1.36 bits per heavy atom. The van der Waals surface area contributed by atoms with Crippen LogP contribution in [-0.4, -0.2) is 41.2 Å². The summed E-state index contributed by atoms with van der Waals surface area (Å²) in [5, 5.41) is 3.31. The van der Waals surface area contributed by atoms with Gasteiger partial charge in [-0.1, -0.05) is 29.4 Å². The van der Waals surface area contributed by atoms with Gasteiger partial charge < -0.3 is 14.2 Å². The minimum Gasteiger partial charge on any atom is -0.383 e. The Balaban J connectivity index is 2.12. The number of carbonyl (C=O) groups is 1. The van der Waals surface area contributed by atoms with Gasteiger partial charge in [-0.05, 0) is 11.5 Å². The molecule has 132 valence electrons. The molecule has 0 unspecified atom stereocenters. The second-order valence-electron chi connectivity index (χ2n) is 4.98. The summed E-state index contributed by atoms with van der Waals surface area (Å²) in [5.74, 6) is -0.0139. The second kappa shape index (κ2) is 7.81. The van der Waals surface area contributed by atoms with Crippen LogP contribution >= 0.6 is 0 Å². The van der Waals surface area contributed by atoms with Gasteiger partial charge in [0.05, 0.1) is 6.61 Å². The fourth-order valence-corrected chi connectivity index (χ4v) is 1.98. The van der Waals surface area contributed by atoms with Gasteiger partial charge in [0.1, 0.15) is 0 Å². The number of methoxy groups -OCH3 is 1. The number of halogens is 3. The zero-order chi connectivity index (χ0) is 18.4. The van der Waals surface area contributed by atoms with E-state index in [9.17, 15) is 18.0 Å². The van der Waals surface area contributed by atoms with E-state index in [0.717, 1.165) is 5.56 Å². The number of carbonyl (C=O) groups excluding carboxylic acids is 1. The summed E-state index contributed by atoms with van der Waals surface area (Å²) in [5.41, 5.74) is 1.10. The number of amides is 1. The third kappa shape index (κ3) is 4.81. The van der Waals surface area contributed by atoms with Gasteiger partial charge >= 0.3 is 12.1 Å². The number of hydrogen-bond acceptors (Lipinski definition) is 5. The molecule has 1 aromatic heterocycles. The third-order valence-corrected chi connectivity index (χ3v) is 3.23. The lowest BCUT2D eigenvalue weighted by atomic mass is 10.1. The van der Waals surface area contributed by atoms with Gasteiger partial charge in [0, 0.05) is 25.8 Å². The second-order valence-corrected chi connectivity index (χ2v) is 4.98. The summed E-state index contributed by atoms with van der Waals surface area (Å²) >= 11 is 0. The van der Waals surface area contributed by atoms with Crippen molar-refractivity contribution in [2.24, 2.45) is 0 Å². The van der Waals surface area contributed by atoms with Crippen molar-refractivity contribution < 1.29 is 27.2 Å². The maximum absolute atomic E-state index is 12.5. The SMILES string of the molecule is C#CC(=O)N(CCOC)Cc1ccc(-c2noc(C(F)(F)F)n2)cc1. The predicted octanol–water partition coefficient (Wildman–Crippen LogP) is 2.36. The summed E-state index contributed by atoms with van der Waals surface area (Å²) in [4.78, 5) is 16.4. The van der Waals surface area contributed by atoms with E-state index in [4.69, 9.17) is 11.2 Å². The molecule has 0 radical (unpaired) electrons. The molecule has 0 spiro atoms. The quantitative estimate of drug-likeness (QED) is 0.746. The average Bonchev–Trinajstić information content (AvgIpc) is 3.09. The van der Waals surface area contributed by atoms with Crippen LogP contribution in [0.3, 0.4) is 0 Å². The van der Waals surface area contributed by atoms with Crippen molar-refractivity contribution in [3.8, 4) is 23.7 Å². The molecule has 1 heterocycles. The van der Waals surface area contributed by atoms with Crippen LogP contribution in [0.4, 0.5) is 13.2 Å². The maximum atomic E-state index is 12.5. The monoisotopic (exact) mass is 353 g/mol. The Bertz CT molecular complexity index is 763. The zero-order valence-electron chi connectivity index (χ0n) is 13.2. The van der Waals surface area contributed by atoms with Crippen LogP contribution in [0.1, 0.15) is 11.5 Å². The van der Waals surface area contributed by atoms with Crippen LogP contribution in [-0.2, 0) is 22.3 Å². The summed E-state index contributed by atoms with van der Waals surface area (Å²) in [6, 6.07) is 6.36. The first-order valence-corrected chi connectivity index (χ1v) is 7.10. The van der Waals surface area contributed by atoms with Crippen LogP contribution in [0.5, 0.6) is 0 Å². The third-order valence-electron chi connectivity index (χ3n) is 3.23. The molecule has 0 saturated heterocycles. The molecule has 0 aliphatic heterocycles. The molecule has 25 heavy (non-hydrogen) atoms. The van der Waals surface area contributed by atoms with Gasteiger partial charge in [-0.15, -0.1) is 6.42 Å². The number of benzene rings is 1. The van der Waals surface area contributed by atoms with Crippen LogP contribution in [0.2, 0.25) is 0 Å². The molecule has 0 fully saturated rings. The van der Waals surface area contributed by atoms with Crippen molar-refractivity contribution in [1.82, 2.24) is 15.0 Å². The largest absolute Gasteiger partial charge is 0.471 e. The van der Waals surface area contributed by atoms with Crippen LogP contribution < -0.4 is 0 Å². The Labute approximate surface area is 141 Å². The molecule has 0 aliphatic rings. The molecular formula is C16H14F3N3O3. The lowest BCUT2D eigenvalue weighted by Gasteiger charge is -2.19. The Kier molecular flexibility index (Phi) is 5.77. The molecule has 0 bridgehead atoms. The van der Waals surface area contributed by atoms with Crippen molar-refractivity contribution in [2.75, 3.05) is 20.3 Å². The highest BCUT2D eigenvalue weighted by Crippen LogP contribution is 2.29. The number of rotatable bonds is 6. The van der Waals surface area contributed by atoms with E-state index >= 15 is 0 Å². The minimum absolute atomic E-state index is 0.171. The standard InChI is InChI=1S/C16H14F3N3O3/c1-3-13(23)22(8-9-24-2)10-11-4-6-12(7-5-11)14-20-15(25-21-14)16(17,18)19/h1,4-7H,8-10H2,2H3. The van der Waals surface area contributed by atoms with E-state index < -0.39 is 18.0 Å². The molecule has 6 nitrogen and oxygen atoms in total. The van der Waals surface area contributed by atoms with E-state index in [0.29, 0.717) is 18.7 Å². The first-order chi connectivity index (χ1) is 11.8. The average molecular weight is 353 g/mol. The fourth-order valence-electron chi connectivity index (χ4n) is 1.98. The first kappa shape index (κ1) is 18.5. The lowest BCUT2D eigenvalue weighted by Crippen LogP contribution is -2.32. The van der Waals surface area contributed by atoms with E-state index in [1.54, 1.807) is 12.1 Å². The molecule has 1 aromatic carbocycles. The van der Waals surface area contributed by atoms with Gasteiger partial charge in [-0.25, -0.2) is 0 Å². The van der Waals surface area contributed by atoms with Gasteiger partial charge in [0.15, 0.2) is 0 Å². The minimum atomic E-state index is -4.69. The Morgan fingerprint density at radius 2 is 2.04 bits per heavy atom. The molecule has 2 rings (SSSR count). The van der Waals surface area contributed by atoms with Crippen LogP contribution in [0, 0.1) is 12.3 Å². The van der Waals surface area contributed by atoms with Crippen molar-refractivity contribution in [3.05, 3.63) is 35.7 Å². The molecule has 0 atom stereocenters. The fraction of sp³-hybridized carbons (Fsp3) is 0.312. The number of alkyl halides is 3. The Morgan fingerprint density at radius 3 is 2.56 bits per heavy atom. The van der Waals surface area contributed by atoms with Crippen molar-refractivity contribution >= 4 is 5.91 Å². The van der Waals surface area contributed by atoms with Crippen molar-refractivity contribution in [3.63, 3.8) is 0 Å². The number of nitrogens with zero attached hydrogens (tertiary/aromatic N) is 3. The van der Waals surface area contributed by atoms with Crippen LogP contribution in [0.15, 0.2) is 28.8 Å². The zero-order valence-corrected chi connectivity index (χ0v) is 13.2. The van der Waals surface area contributed by atoms with Crippen LogP contribution in [0.25, 0.3) is 11.4 Å². The van der Waals surface area contributed by atoms with E-state index in [1.807, 2.05) is 5.92 Å². The smallest absolute Gasteiger partial charge is 0.383 e. The Hall–Kier alpha value is -2.86. The summed E-state index contributed by atoms with van der Waals surface area (Å²) in [7, 11) is 1.51.